The van der Waals surface area contributed by atoms with Crippen LogP contribution >= 0.6 is 11.3 Å². The second kappa shape index (κ2) is 4.09. The predicted molar refractivity (Wildman–Crippen MR) is 59.5 cm³/mol. The monoisotopic (exact) mass is 198 g/mol. The largest absolute Gasteiger partial charge is 0.359 e. The van der Waals surface area contributed by atoms with Crippen molar-refractivity contribution in [3.63, 3.8) is 0 Å². The molecule has 13 heavy (non-hydrogen) atoms. The number of aryl methyl sites for hydroxylation is 1. The van der Waals surface area contributed by atoms with E-state index in [1.807, 2.05) is 6.92 Å². The van der Waals surface area contributed by atoms with Gasteiger partial charge in [0.1, 0.15) is 0 Å². The van der Waals surface area contributed by atoms with Crippen molar-refractivity contribution in [1.29, 1.82) is 0 Å². The summed E-state index contributed by atoms with van der Waals surface area (Å²) >= 11 is 1.72. The van der Waals surface area contributed by atoms with Crippen LogP contribution in [0.1, 0.15) is 39.2 Å². The van der Waals surface area contributed by atoms with Gasteiger partial charge < -0.3 is 5.32 Å². The van der Waals surface area contributed by atoms with Crippen molar-refractivity contribution in [2.45, 2.75) is 45.1 Å². The molecule has 1 fully saturated rings. The Balaban J connectivity index is 0.000000980. The fraction of sp³-hybridized carbons (Fsp3) is 0.700. The first-order valence-corrected chi connectivity index (χ1v) is 5.91. The number of nitrogens with zero attached hydrogens (tertiary/aromatic N) is 1. The van der Waals surface area contributed by atoms with Crippen LogP contribution in [0.5, 0.6) is 0 Å². The Bertz CT molecular complexity index is 269. The highest BCUT2D eigenvalue weighted by Crippen LogP contribution is 2.23. The van der Waals surface area contributed by atoms with Gasteiger partial charge in [-0.15, -0.1) is 11.3 Å². The van der Waals surface area contributed by atoms with E-state index in [9.17, 15) is 0 Å². The van der Waals surface area contributed by atoms with Gasteiger partial charge in [-0.3, -0.25) is 0 Å². The molecule has 0 spiro atoms. The molecule has 2 nitrogen and oxygen atoms in total. The van der Waals surface area contributed by atoms with Gasteiger partial charge in [0.05, 0.1) is 5.69 Å². The van der Waals surface area contributed by atoms with Crippen LogP contribution in [-0.4, -0.2) is 11.0 Å². The number of anilines is 1. The Morgan fingerprint density at radius 3 is 2.85 bits per heavy atom. The third kappa shape index (κ3) is 2.44. The van der Waals surface area contributed by atoms with Crippen LogP contribution < -0.4 is 5.32 Å². The predicted octanol–water partition coefficient (Wildman–Crippen LogP) is 3.44. The molecule has 0 aliphatic heterocycles. The van der Waals surface area contributed by atoms with Crippen molar-refractivity contribution in [2.24, 2.45) is 0 Å². The van der Waals surface area contributed by atoms with Gasteiger partial charge in [-0.25, -0.2) is 4.98 Å². The molecule has 2 rings (SSSR count). The van der Waals surface area contributed by atoms with E-state index in [-0.39, 0.29) is 1.43 Å². The normalized spacial score (nSPS) is 18.8. The fourth-order valence-corrected chi connectivity index (χ4v) is 2.61. The molecule has 0 unspecified atom stereocenters. The highest BCUT2D eigenvalue weighted by atomic mass is 32.1. The highest BCUT2D eigenvalue weighted by molar-refractivity contribution is 7.13. The summed E-state index contributed by atoms with van der Waals surface area (Å²) in [5.74, 6) is 0. The third-order valence-electron chi connectivity index (χ3n) is 2.55. The molecule has 1 N–H and O–H groups in total. The Morgan fingerprint density at radius 2 is 2.23 bits per heavy atom. The molecular weight excluding hydrogens is 180 g/mol. The first-order chi connectivity index (χ1) is 6.34. The van der Waals surface area contributed by atoms with Crippen LogP contribution in [0.25, 0.3) is 0 Å². The molecule has 1 saturated carbocycles. The zero-order valence-electron chi connectivity index (χ0n) is 8.05. The zero-order valence-corrected chi connectivity index (χ0v) is 8.86. The van der Waals surface area contributed by atoms with Gasteiger partial charge in [0.25, 0.3) is 0 Å². The second-order valence-electron chi connectivity index (χ2n) is 3.77. The minimum Gasteiger partial charge on any atom is -0.359 e. The van der Waals surface area contributed by atoms with Crippen molar-refractivity contribution in [3.05, 3.63) is 11.1 Å². The van der Waals surface area contributed by atoms with E-state index in [0.717, 1.165) is 10.8 Å². The Kier molecular flexibility index (Phi) is 2.83. The molecule has 1 aromatic heterocycles. The topological polar surface area (TPSA) is 24.9 Å². The number of nitrogens with one attached hydrogen (secondary N) is 1. The molecule has 1 aliphatic rings. The van der Waals surface area contributed by atoms with E-state index in [0.29, 0.717) is 6.04 Å². The van der Waals surface area contributed by atoms with Crippen molar-refractivity contribution in [1.82, 2.24) is 4.98 Å². The van der Waals surface area contributed by atoms with E-state index in [1.165, 1.54) is 32.1 Å². The molecule has 3 heteroatoms. The first kappa shape index (κ1) is 9.00. The van der Waals surface area contributed by atoms with Gasteiger partial charge in [0.15, 0.2) is 5.13 Å². The van der Waals surface area contributed by atoms with Gasteiger partial charge in [-0.2, -0.15) is 0 Å². The molecule has 1 aliphatic carbocycles. The van der Waals surface area contributed by atoms with Crippen LogP contribution in [0.4, 0.5) is 5.13 Å². The smallest absolute Gasteiger partial charge is 0.183 e. The lowest BCUT2D eigenvalue weighted by Crippen LogP contribution is -2.21. The fourth-order valence-electron chi connectivity index (χ4n) is 1.84. The molecule has 74 valence electrons. The Hall–Kier alpha value is -0.570. The summed E-state index contributed by atoms with van der Waals surface area (Å²) in [6.07, 6.45) is 6.80. The molecule has 0 atom stereocenters. The maximum absolute atomic E-state index is 4.41. The van der Waals surface area contributed by atoms with Crippen LogP contribution in [0.15, 0.2) is 5.38 Å². The zero-order chi connectivity index (χ0) is 9.10. The van der Waals surface area contributed by atoms with Crippen molar-refractivity contribution in [2.75, 3.05) is 5.32 Å². The number of thiazole rings is 1. The van der Waals surface area contributed by atoms with E-state index in [4.69, 9.17) is 0 Å². The van der Waals surface area contributed by atoms with Crippen molar-refractivity contribution >= 4 is 16.5 Å². The van der Waals surface area contributed by atoms with Gasteiger partial charge in [0.2, 0.25) is 0 Å². The average molecular weight is 198 g/mol. The maximum Gasteiger partial charge on any atom is 0.183 e. The number of hydrogen-bond donors (Lipinski definition) is 1. The quantitative estimate of drug-likeness (QED) is 0.787. The minimum absolute atomic E-state index is 0. The third-order valence-corrected chi connectivity index (χ3v) is 3.44. The van der Waals surface area contributed by atoms with Gasteiger partial charge in [-0.05, 0) is 19.8 Å². The van der Waals surface area contributed by atoms with E-state index >= 15 is 0 Å². The first-order valence-electron chi connectivity index (χ1n) is 5.03. The lowest BCUT2D eigenvalue weighted by molar-refractivity contribution is 0.462. The average Bonchev–Trinajstić information content (AvgIpc) is 2.53. The summed E-state index contributed by atoms with van der Waals surface area (Å²) in [6, 6.07) is 0.680. The van der Waals surface area contributed by atoms with Crippen molar-refractivity contribution in [3.8, 4) is 0 Å². The van der Waals surface area contributed by atoms with E-state index in [2.05, 4.69) is 15.7 Å². The van der Waals surface area contributed by atoms with E-state index < -0.39 is 0 Å². The Labute approximate surface area is 84.9 Å². The van der Waals surface area contributed by atoms with Crippen LogP contribution in [0, 0.1) is 6.92 Å². The summed E-state index contributed by atoms with van der Waals surface area (Å²) in [4.78, 5) is 4.41. The number of hydrogen-bond acceptors (Lipinski definition) is 3. The van der Waals surface area contributed by atoms with Gasteiger partial charge in [-0.1, -0.05) is 19.3 Å². The molecule has 0 radical (unpaired) electrons. The summed E-state index contributed by atoms with van der Waals surface area (Å²) < 4.78 is 0. The standard InChI is InChI=1S/C10H16N2S.H2/c1-8-7-13-10(11-8)12-9-5-3-2-4-6-9;/h7,9H,2-6H2,1H3,(H,11,12);1H. The summed E-state index contributed by atoms with van der Waals surface area (Å²) in [5.41, 5.74) is 1.13. The molecule has 1 aromatic rings. The molecule has 0 saturated heterocycles. The van der Waals surface area contributed by atoms with Crippen LogP contribution in [0.2, 0.25) is 0 Å². The van der Waals surface area contributed by atoms with E-state index in [1.54, 1.807) is 11.3 Å². The number of aromatic nitrogens is 1. The highest BCUT2D eigenvalue weighted by Gasteiger charge is 2.13. The minimum atomic E-state index is 0. The lowest BCUT2D eigenvalue weighted by atomic mass is 9.96. The lowest BCUT2D eigenvalue weighted by Gasteiger charge is -2.22. The molecule has 0 amide bonds. The van der Waals surface area contributed by atoms with Gasteiger partial charge in [0, 0.05) is 12.8 Å². The second-order valence-corrected chi connectivity index (χ2v) is 4.63. The van der Waals surface area contributed by atoms with Crippen molar-refractivity contribution < 1.29 is 1.43 Å². The molecule has 0 bridgehead atoms. The molecular formula is C10H18N2S. The van der Waals surface area contributed by atoms with Crippen LogP contribution in [0.3, 0.4) is 0 Å². The Morgan fingerprint density at radius 1 is 1.46 bits per heavy atom. The summed E-state index contributed by atoms with van der Waals surface area (Å²) in [6.45, 7) is 2.04. The van der Waals surface area contributed by atoms with Crippen LogP contribution in [-0.2, 0) is 0 Å². The van der Waals surface area contributed by atoms with Gasteiger partial charge >= 0.3 is 0 Å². The SMILES string of the molecule is Cc1csc(NC2CCCCC2)n1.[HH]. The summed E-state index contributed by atoms with van der Waals surface area (Å²) in [5, 5.41) is 6.71. The molecule has 1 heterocycles. The maximum atomic E-state index is 4.41. The molecule has 0 aromatic carbocycles. The number of rotatable bonds is 2. The summed E-state index contributed by atoms with van der Waals surface area (Å²) in [7, 11) is 0.